The van der Waals surface area contributed by atoms with Crippen LogP contribution < -0.4 is 15.5 Å². The van der Waals surface area contributed by atoms with Gasteiger partial charge >= 0.3 is 6.09 Å². The molecule has 1 aliphatic heterocycles. The van der Waals surface area contributed by atoms with Crippen molar-refractivity contribution in [3.05, 3.63) is 60.7 Å². The van der Waals surface area contributed by atoms with E-state index in [1.165, 1.54) is 24.2 Å². The van der Waals surface area contributed by atoms with Gasteiger partial charge in [0.15, 0.2) is 0 Å². The third-order valence-corrected chi connectivity index (χ3v) is 4.60. The number of benzene rings is 1. The zero-order chi connectivity index (χ0) is 21.8. The molecule has 0 saturated carbocycles. The molecule has 1 aliphatic rings. The Bertz CT molecular complexity index is 1090. The van der Waals surface area contributed by atoms with Crippen LogP contribution in [0.15, 0.2) is 49.2 Å². The van der Waals surface area contributed by atoms with Crippen LogP contribution in [-0.2, 0) is 16.1 Å². The highest BCUT2D eigenvalue weighted by Gasteiger charge is 2.32. The fourth-order valence-electron chi connectivity index (χ4n) is 3.12. The topological polar surface area (TPSA) is 114 Å². The molecule has 0 spiro atoms. The minimum Gasteiger partial charge on any atom is -0.442 e. The molecule has 3 heterocycles. The van der Waals surface area contributed by atoms with E-state index < -0.39 is 18.0 Å². The van der Waals surface area contributed by atoms with Gasteiger partial charge in [-0.2, -0.15) is 0 Å². The van der Waals surface area contributed by atoms with Crippen LogP contribution in [0.5, 0.6) is 0 Å². The zero-order valence-corrected chi connectivity index (χ0v) is 16.7. The molecule has 0 aliphatic carbocycles. The molecule has 2 amide bonds. The first-order valence-electron chi connectivity index (χ1n) is 9.56. The molecule has 3 aromatic rings. The molecular weight excluding hydrogens is 405 g/mol. The van der Waals surface area contributed by atoms with Crippen LogP contribution in [0, 0.1) is 5.82 Å². The maximum Gasteiger partial charge on any atom is 0.414 e. The molecule has 1 unspecified atom stereocenters. The number of carbonyl (C=O) groups is 2. The highest BCUT2D eigenvalue weighted by molar-refractivity contribution is 5.90. The summed E-state index contributed by atoms with van der Waals surface area (Å²) in [6.45, 7) is 2.19. The summed E-state index contributed by atoms with van der Waals surface area (Å²) in [5.41, 5.74) is 1.35. The Balaban J connectivity index is 1.43. The van der Waals surface area contributed by atoms with Gasteiger partial charge in [-0.15, -0.1) is 0 Å². The van der Waals surface area contributed by atoms with Crippen molar-refractivity contribution in [3.8, 4) is 5.69 Å². The normalized spacial score (nSPS) is 15.6. The number of ether oxygens (including phenoxy) is 1. The lowest BCUT2D eigenvalue weighted by atomic mass is 10.2. The third-order valence-electron chi connectivity index (χ3n) is 4.60. The van der Waals surface area contributed by atoms with Crippen molar-refractivity contribution in [3.63, 3.8) is 0 Å². The average Bonchev–Trinajstić information content (AvgIpc) is 3.38. The number of amides is 2. The Morgan fingerprint density at radius 1 is 1.29 bits per heavy atom. The Morgan fingerprint density at radius 3 is 2.84 bits per heavy atom. The van der Waals surface area contributed by atoms with Gasteiger partial charge in [0.1, 0.15) is 11.9 Å². The number of nitrogens with one attached hydrogen (secondary N) is 2. The van der Waals surface area contributed by atoms with E-state index in [1.54, 1.807) is 41.4 Å². The minimum absolute atomic E-state index is 0.206. The monoisotopic (exact) mass is 425 g/mol. The lowest BCUT2D eigenvalue weighted by Gasteiger charge is -2.14. The van der Waals surface area contributed by atoms with E-state index in [-0.39, 0.29) is 19.0 Å². The summed E-state index contributed by atoms with van der Waals surface area (Å²) >= 11 is 0. The van der Waals surface area contributed by atoms with E-state index >= 15 is 0 Å². The average molecular weight is 425 g/mol. The standard InChI is InChI=1S/C20H20FN7O3/c1-13(29)24-9-16-11-28(20(30)31-16)15-3-4-18(17(21)7-15)27-10-14(26-12-27)8-25-19-22-5-2-6-23-19/h2-7,10,12,16H,8-9,11H2,1H3,(H,24,29)(H,22,23,25). The Morgan fingerprint density at radius 2 is 2.10 bits per heavy atom. The molecule has 4 rings (SSSR count). The molecule has 1 aromatic carbocycles. The van der Waals surface area contributed by atoms with E-state index in [1.807, 2.05) is 0 Å². The number of carbonyl (C=O) groups excluding carboxylic acids is 2. The van der Waals surface area contributed by atoms with Gasteiger partial charge < -0.3 is 19.9 Å². The van der Waals surface area contributed by atoms with Crippen LogP contribution in [0.25, 0.3) is 5.69 Å². The summed E-state index contributed by atoms with van der Waals surface area (Å²) in [5.74, 6) is -0.253. The molecule has 0 radical (unpaired) electrons. The van der Waals surface area contributed by atoms with Crippen LogP contribution >= 0.6 is 0 Å². The van der Waals surface area contributed by atoms with Gasteiger partial charge in [0.25, 0.3) is 0 Å². The molecule has 160 valence electrons. The van der Waals surface area contributed by atoms with E-state index in [0.29, 0.717) is 29.6 Å². The van der Waals surface area contributed by atoms with Crippen molar-refractivity contribution in [2.24, 2.45) is 0 Å². The Labute approximate surface area is 177 Å². The van der Waals surface area contributed by atoms with Crippen LogP contribution in [0.1, 0.15) is 12.6 Å². The maximum absolute atomic E-state index is 14.8. The molecule has 0 bridgehead atoms. The fourth-order valence-corrected chi connectivity index (χ4v) is 3.12. The molecule has 11 heteroatoms. The van der Waals surface area contributed by atoms with Gasteiger partial charge in [-0.3, -0.25) is 9.69 Å². The summed E-state index contributed by atoms with van der Waals surface area (Å²) < 4.78 is 21.6. The molecule has 31 heavy (non-hydrogen) atoms. The molecule has 2 aromatic heterocycles. The van der Waals surface area contributed by atoms with E-state index in [4.69, 9.17) is 4.74 Å². The lowest BCUT2D eigenvalue weighted by molar-refractivity contribution is -0.119. The Kier molecular flexibility index (Phi) is 5.74. The predicted octanol–water partition coefficient (Wildman–Crippen LogP) is 1.87. The minimum atomic E-state index is -0.582. The number of hydrogen-bond donors (Lipinski definition) is 2. The zero-order valence-electron chi connectivity index (χ0n) is 16.7. The predicted molar refractivity (Wildman–Crippen MR) is 109 cm³/mol. The van der Waals surface area contributed by atoms with Gasteiger partial charge in [0.05, 0.1) is 43.0 Å². The quantitative estimate of drug-likeness (QED) is 0.594. The number of hydrogen-bond acceptors (Lipinski definition) is 7. The van der Waals surface area contributed by atoms with Crippen LogP contribution in [0.4, 0.5) is 20.8 Å². The fraction of sp³-hybridized carbons (Fsp3) is 0.250. The van der Waals surface area contributed by atoms with Crippen molar-refractivity contribution >= 4 is 23.6 Å². The largest absolute Gasteiger partial charge is 0.442 e. The van der Waals surface area contributed by atoms with Crippen LogP contribution in [0.3, 0.4) is 0 Å². The number of halogens is 1. The smallest absolute Gasteiger partial charge is 0.414 e. The molecule has 1 saturated heterocycles. The second kappa shape index (κ2) is 8.78. The highest BCUT2D eigenvalue weighted by atomic mass is 19.1. The maximum atomic E-state index is 14.8. The summed E-state index contributed by atoms with van der Waals surface area (Å²) in [6, 6.07) is 6.19. The molecule has 10 nitrogen and oxygen atoms in total. The van der Waals surface area contributed by atoms with Crippen LogP contribution in [0.2, 0.25) is 0 Å². The molecule has 2 N–H and O–H groups in total. The van der Waals surface area contributed by atoms with Gasteiger partial charge in [-0.1, -0.05) is 0 Å². The summed E-state index contributed by atoms with van der Waals surface area (Å²) in [6.07, 6.45) is 5.39. The second-order valence-electron chi connectivity index (χ2n) is 6.89. The first-order valence-corrected chi connectivity index (χ1v) is 9.56. The summed E-state index contributed by atoms with van der Waals surface area (Å²) in [4.78, 5) is 36.9. The summed E-state index contributed by atoms with van der Waals surface area (Å²) in [5, 5.41) is 5.64. The number of imidazole rings is 1. The lowest BCUT2D eigenvalue weighted by Crippen LogP contribution is -2.33. The highest BCUT2D eigenvalue weighted by Crippen LogP contribution is 2.25. The number of anilines is 2. The van der Waals surface area contributed by atoms with Crippen LogP contribution in [-0.4, -0.2) is 50.7 Å². The van der Waals surface area contributed by atoms with Crippen molar-refractivity contribution in [1.82, 2.24) is 24.8 Å². The third kappa shape index (κ3) is 4.77. The van der Waals surface area contributed by atoms with E-state index in [0.717, 1.165) is 0 Å². The van der Waals surface area contributed by atoms with E-state index in [9.17, 15) is 14.0 Å². The SMILES string of the molecule is CC(=O)NCC1CN(c2ccc(-n3cnc(CNc4ncccn4)c3)c(F)c2)C(=O)O1. The molecular formula is C20H20FN7O3. The number of nitrogens with zero attached hydrogens (tertiary/aromatic N) is 5. The number of cyclic esters (lactones) is 1. The Hall–Kier alpha value is -4.02. The summed E-state index contributed by atoms with van der Waals surface area (Å²) in [7, 11) is 0. The van der Waals surface area contributed by atoms with E-state index in [2.05, 4.69) is 25.6 Å². The van der Waals surface area contributed by atoms with Gasteiger partial charge in [-0.25, -0.2) is 24.1 Å². The number of aromatic nitrogens is 4. The van der Waals surface area contributed by atoms with Gasteiger partial charge in [0, 0.05) is 25.5 Å². The van der Waals surface area contributed by atoms with Crippen molar-refractivity contribution in [1.29, 1.82) is 0 Å². The van der Waals surface area contributed by atoms with Crippen molar-refractivity contribution in [2.45, 2.75) is 19.6 Å². The van der Waals surface area contributed by atoms with Gasteiger partial charge in [-0.05, 0) is 24.3 Å². The van der Waals surface area contributed by atoms with Crippen molar-refractivity contribution in [2.75, 3.05) is 23.3 Å². The second-order valence-corrected chi connectivity index (χ2v) is 6.89. The van der Waals surface area contributed by atoms with Crippen molar-refractivity contribution < 1.29 is 18.7 Å². The molecule has 1 fully saturated rings. The van der Waals surface area contributed by atoms with Gasteiger partial charge in [0.2, 0.25) is 11.9 Å². The first-order chi connectivity index (χ1) is 15.0. The molecule has 1 atom stereocenters. The number of rotatable bonds is 7. The first kappa shape index (κ1) is 20.3.